The zero-order valence-electron chi connectivity index (χ0n) is 30.0. The van der Waals surface area contributed by atoms with Gasteiger partial charge in [-0.1, -0.05) is 5.92 Å². The van der Waals surface area contributed by atoms with Gasteiger partial charge in [-0.05, 0) is 86.2 Å². The molecule has 0 radical (unpaired) electrons. The molecule has 0 saturated carbocycles. The number of nitriles is 1. The van der Waals surface area contributed by atoms with Crippen LogP contribution in [0.3, 0.4) is 0 Å². The molecule has 3 aliphatic rings. The second-order valence-electron chi connectivity index (χ2n) is 14.5. The lowest BCUT2D eigenvalue weighted by Gasteiger charge is -2.36. The van der Waals surface area contributed by atoms with Crippen LogP contribution in [0.2, 0.25) is 0 Å². The molecule has 262 valence electrons. The monoisotopic (exact) mass is 688 g/mol. The third kappa shape index (κ3) is 8.52. The molecule has 2 aromatic heterocycles. The van der Waals surface area contributed by atoms with Crippen molar-refractivity contribution in [1.82, 2.24) is 24.7 Å². The number of carbonyl (C=O) groups excluding carboxylic acids is 2. The minimum absolute atomic E-state index is 0.129. The summed E-state index contributed by atoms with van der Waals surface area (Å²) in [6.07, 6.45) is 5.74. The molecule has 0 spiro atoms. The van der Waals surface area contributed by atoms with E-state index in [-0.39, 0.29) is 29.9 Å². The van der Waals surface area contributed by atoms with E-state index < -0.39 is 16.8 Å². The number of nitrogens with zero attached hydrogens (tertiary/aromatic N) is 8. The number of ether oxygens (including phenoxy) is 2. The molecule has 5 rings (SSSR count). The number of hydrogen-bond donors (Lipinski definition) is 0. The number of anilines is 1. The van der Waals surface area contributed by atoms with Gasteiger partial charge in [-0.15, -0.1) is 11.3 Å². The van der Waals surface area contributed by atoms with Crippen LogP contribution in [-0.2, 0) is 16.6 Å². The van der Waals surface area contributed by atoms with E-state index in [2.05, 4.69) is 39.8 Å². The van der Waals surface area contributed by atoms with E-state index in [4.69, 9.17) is 14.5 Å². The summed E-state index contributed by atoms with van der Waals surface area (Å²) in [5.41, 5.74) is 0.286. The quantitative estimate of drug-likeness (QED) is 0.129. The number of hydrogen-bond acceptors (Lipinski definition) is 11. The van der Waals surface area contributed by atoms with Gasteiger partial charge in [-0.3, -0.25) is 9.69 Å². The highest BCUT2D eigenvalue weighted by Gasteiger charge is 2.37. The Hall–Kier alpha value is -4.20. The average molecular weight is 689 g/mol. The highest BCUT2D eigenvalue weighted by Crippen LogP contribution is 2.47. The van der Waals surface area contributed by atoms with Gasteiger partial charge in [-0.25, -0.2) is 9.79 Å². The number of amides is 1. The van der Waals surface area contributed by atoms with E-state index in [1.807, 2.05) is 58.5 Å². The lowest BCUT2D eigenvalue weighted by molar-refractivity contribution is 0.0240. The molecule has 3 atom stereocenters. The third-order valence-corrected chi connectivity index (χ3v) is 10.3. The van der Waals surface area contributed by atoms with Gasteiger partial charge in [0.15, 0.2) is 0 Å². The summed E-state index contributed by atoms with van der Waals surface area (Å²) in [7, 11) is 5.86. The Bertz CT molecular complexity index is 1690. The number of aromatic nitrogens is 2. The Morgan fingerprint density at radius 3 is 2.55 bits per heavy atom. The van der Waals surface area contributed by atoms with Crippen LogP contribution in [-0.4, -0.2) is 114 Å². The van der Waals surface area contributed by atoms with Crippen molar-refractivity contribution in [2.24, 2.45) is 4.99 Å². The number of Topliss-reactive ketones (excluding diaryl/α,β-unsaturated/α-hetero) is 1. The second kappa shape index (κ2) is 14.7. The molecule has 49 heavy (non-hydrogen) atoms. The van der Waals surface area contributed by atoms with Crippen LogP contribution < -0.4 is 9.64 Å². The minimum atomic E-state index is -0.689. The fourth-order valence-electron chi connectivity index (χ4n) is 6.66. The Morgan fingerprint density at radius 1 is 1.18 bits per heavy atom. The summed E-state index contributed by atoms with van der Waals surface area (Å²) >= 11 is 1.52. The van der Waals surface area contributed by atoms with Gasteiger partial charge in [-0.2, -0.15) is 15.2 Å². The molecule has 0 N–H and O–H groups in total. The molecule has 2 aromatic rings. The number of aliphatic imine (C=N–C) groups is 1. The first-order valence-corrected chi connectivity index (χ1v) is 17.8. The molecule has 1 unspecified atom stereocenters. The average Bonchev–Trinajstić information content (AvgIpc) is 3.65. The SMILES string of the molecule is C[C@H](Oc1nc(C(=O)C#CC2(C)CCCc3sc(N=CN(C)C)c(C#N)c32)cc(N2CCN(C(=O)OC(C)(C)C)CC2)n1)[C@@H]1CCCN1C. The van der Waals surface area contributed by atoms with Gasteiger partial charge in [0.2, 0.25) is 0 Å². The number of aryl methyl sites for hydroxylation is 1. The van der Waals surface area contributed by atoms with Crippen LogP contribution in [0.25, 0.3) is 0 Å². The maximum Gasteiger partial charge on any atom is 0.410 e. The topological polar surface area (TPSA) is 127 Å². The maximum atomic E-state index is 13.8. The van der Waals surface area contributed by atoms with Crippen molar-refractivity contribution >= 4 is 40.4 Å². The lowest BCUT2D eigenvalue weighted by Crippen LogP contribution is -2.50. The number of likely N-dealkylation sites (N-methyl/N-ethyl adjacent to an activating group) is 1. The van der Waals surface area contributed by atoms with Gasteiger partial charge in [0.05, 0.1) is 17.3 Å². The number of ketones is 1. The molecule has 13 heteroatoms. The summed E-state index contributed by atoms with van der Waals surface area (Å²) in [4.78, 5) is 49.3. The van der Waals surface area contributed by atoms with Crippen molar-refractivity contribution in [1.29, 1.82) is 5.26 Å². The smallest absolute Gasteiger partial charge is 0.410 e. The Kier molecular flexibility index (Phi) is 10.9. The molecule has 4 heterocycles. The van der Waals surface area contributed by atoms with Crippen LogP contribution in [0.4, 0.5) is 15.6 Å². The molecule has 1 amide bonds. The van der Waals surface area contributed by atoms with E-state index in [0.717, 1.165) is 49.1 Å². The standard InChI is InChI=1S/C36H48N8O4S/c1-24(27-11-10-16-42(27)8)47-33-39-26(21-30(40-33)43-17-19-44(20-18-43)34(46)48-35(2,3)4)28(45)13-15-36(5)14-9-12-29-31(36)25(22-37)32(49-29)38-23-41(6)7/h21,23-24,27H,9-12,14,16-20H2,1-8H3/t24-,27-,36?/m0/s1. The van der Waals surface area contributed by atoms with E-state index in [1.54, 1.807) is 17.3 Å². The third-order valence-electron chi connectivity index (χ3n) is 9.15. The summed E-state index contributed by atoms with van der Waals surface area (Å²) < 4.78 is 11.9. The predicted molar refractivity (Wildman–Crippen MR) is 191 cm³/mol. The molecule has 0 aromatic carbocycles. The lowest BCUT2D eigenvalue weighted by atomic mass is 9.73. The maximum absolute atomic E-state index is 13.8. The molecular formula is C36H48N8O4S. The van der Waals surface area contributed by atoms with Crippen molar-refractivity contribution in [2.45, 2.75) is 89.9 Å². The van der Waals surface area contributed by atoms with Crippen molar-refractivity contribution in [3.05, 3.63) is 27.8 Å². The van der Waals surface area contributed by atoms with E-state index in [9.17, 15) is 14.9 Å². The number of fused-ring (bicyclic) bond motifs is 1. The summed E-state index contributed by atoms with van der Waals surface area (Å²) in [6, 6.07) is 4.37. The Morgan fingerprint density at radius 2 is 1.92 bits per heavy atom. The normalized spacial score (nSPS) is 21.8. The molecule has 2 aliphatic heterocycles. The van der Waals surface area contributed by atoms with E-state index in [0.29, 0.717) is 42.6 Å². The van der Waals surface area contributed by atoms with Crippen LogP contribution in [0, 0.1) is 23.2 Å². The number of piperazine rings is 1. The molecule has 0 bridgehead atoms. The number of rotatable bonds is 7. The highest BCUT2D eigenvalue weighted by molar-refractivity contribution is 7.16. The van der Waals surface area contributed by atoms with Gasteiger partial charge in [0, 0.05) is 62.8 Å². The Balaban J connectivity index is 1.43. The number of likely N-dealkylation sites (tertiary alicyclic amines) is 1. The van der Waals surface area contributed by atoms with Crippen LogP contribution >= 0.6 is 11.3 Å². The van der Waals surface area contributed by atoms with E-state index >= 15 is 0 Å². The first-order chi connectivity index (χ1) is 23.2. The predicted octanol–water partition coefficient (Wildman–Crippen LogP) is 5.03. The largest absolute Gasteiger partial charge is 0.459 e. The van der Waals surface area contributed by atoms with Crippen LogP contribution in [0.15, 0.2) is 11.1 Å². The fraction of sp³-hybridized carbons (Fsp3) is 0.611. The van der Waals surface area contributed by atoms with Crippen LogP contribution in [0.1, 0.15) is 86.8 Å². The van der Waals surface area contributed by atoms with Crippen molar-refractivity contribution in [3.8, 4) is 23.9 Å². The zero-order chi connectivity index (χ0) is 35.5. The van der Waals surface area contributed by atoms with Gasteiger partial charge < -0.3 is 24.2 Å². The molecule has 2 saturated heterocycles. The first kappa shape index (κ1) is 36.1. The summed E-state index contributed by atoms with van der Waals surface area (Å²) in [5, 5.41) is 10.8. The first-order valence-electron chi connectivity index (χ1n) is 17.0. The van der Waals surface area contributed by atoms with Crippen molar-refractivity contribution in [3.63, 3.8) is 0 Å². The zero-order valence-corrected chi connectivity index (χ0v) is 30.8. The molecule has 1 aliphatic carbocycles. The fourth-order valence-corrected chi connectivity index (χ4v) is 7.92. The van der Waals surface area contributed by atoms with Gasteiger partial charge >= 0.3 is 12.1 Å². The van der Waals surface area contributed by atoms with Crippen molar-refractivity contribution in [2.75, 3.05) is 58.8 Å². The summed E-state index contributed by atoms with van der Waals surface area (Å²) in [5.74, 6) is 6.26. The molecule has 12 nitrogen and oxygen atoms in total. The van der Waals surface area contributed by atoms with Crippen molar-refractivity contribution < 1.29 is 19.1 Å². The second-order valence-corrected chi connectivity index (χ2v) is 15.6. The highest BCUT2D eigenvalue weighted by atomic mass is 32.1. The van der Waals surface area contributed by atoms with E-state index in [1.165, 1.54) is 11.3 Å². The number of thiophene rings is 1. The number of carbonyl (C=O) groups is 2. The van der Waals surface area contributed by atoms with Crippen LogP contribution in [0.5, 0.6) is 6.01 Å². The minimum Gasteiger partial charge on any atom is -0.459 e. The van der Waals surface area contributed by atoms with Gasteiger partial charge in [0.1, 0.15) is 34.3 Å². The molecule has 2 fully saturated rings. The molecular weight excluding hydrogens is 641 g/mol. The summed E-state index contributed by atoms with van der Waals surface area (Å²) in [6.45, 7) is 12.5. The van der Waals surface area contributed by atoms with Gasteiger partial charge in [0.25, 0.3) is 5.78 Å². The Labute approximate surface area is 294 Å².